The van der Waals surface area contributed by atoms with Crippen LogP contribution < -0.4 is 15.4 Å². The molecule has 0 spiro atoms. The largest absolute Gasteiger partial charge is 0.449 e. The third kappa shape index (κ3) is 5.00. The molecule has 1 aromatic carbocycles. The summed E-state index contributed by atoms with van der Waals surface area (Å²) in [5.41, 5.74) is -0.262. The number of alkyl halides is 2. The third-order valence-electron chi connectivity index (χ3n) is 2.44. The molecule has 0 saturated heterocycles. The van der Waals surface area contributed by atoms with Gasteiger partial charge in [0.25, 0.3) is 5.91 Å². The molecule has 0 bridgehead atoms. The van der Waals surface area contributed by atoms with Crippen LogP contribution in [-0.4, -0.2) is 37.7 Å². The van der Waals surface area contributed by atoms with E-state index in [2.05, 4.69) is 10.1 Å². The van der Waals surface area contributed by atoms with Gasteiger partial charge in [0.15, 0.2) is 6.10 Å². The molecule has 0 fully saturated rings. The van der Waals surface area contributed by atoms with Gasteiger partial charge in [0.1, 0.15) is 11.3 Å². The number of halogens is 2. The van der Waals surface area contributed by atoms with E-state index < -0.39 is 30.6 Å². The maximum atomic E-state index is 12.3. The number of amides is 3. The number of carbonyl (C=O) groups excluding carboxylic acids is 3. The van der Waals surface area contributed by atoms with E-state index in [1.807, 2.05) is 5.32 Å². The van der Waals surface area contributed by atoms with Crippen molar-refractivity contribution < 1.29 is 32.6 Å². The number of imide groups is 1. The molecule has 0 aliphatic carbocycles. The van der Waals surface area contributed by atoms with E-state index in [0.717, 1.165) is 6.07 Å². The Labute approximate surface area is 124 Å². The van der Waals surface area contributed by atoms with Crippen molar-refractivity contribution in [1.82, 2.24) is 10.6 Å². The van der Waals surface area contributed by atoms with Crippen LogP contribution in [0.2, 0.25) is 0 Å². The highest BCUT2D eigenvalue weighted by Gasteiger charge is 2.23. The second-order valence-corrected chi connectivity index (χ2v) is 3.99. The molecular weight excluding hydrogens is 302 g/mol. The molecule has 1 aromatic rings. The summed E-state index contributed by atoms with van der Waals surface area (Å²) in [6, 6.07) is 4.43. The van der Waals surface area contributed by atoms with Gasteiger partial charge in [-0.3, -0.25) is 10.1 Å². The molecule has 0 radical (unpaired) electrons. The van der Waals surface area contributed by atoms with Crippen molar-refractivity contribution in [2.75, 3.05) is 7.05 Å². The summed E-state index contributed by atoms with van der Waals surface area (Å²) in [4.78, 5) is 34.4. The number of benzene rings is 1. The Morgan fingerprint density at radius 3 is 2.41 bits per heavy atom. The van der Waals surface area contributed by atoms with Crippen LogP contribution in [-0.2, 0) is 9.53 Å². The van der Waals surface area contributed by atoms with Crippen LogP contribution in [0.4, 0.5) is 13.6 Å². The number of nitrogens with one attached hydrogen (secondary N) is 2. The monoisotopic (exact) mass is 316 g/mol. The molecule has 2 N–H and O–H groups in total. The van der Waals surface area contributed by atoms with Crippen molar-refractivity contribution in [3.05, 3.63) is 29.8 Å². The van der Waals surface area contributed by atoms with Crippen LogP contribution >= 0.6 is 0 Å². The van der Waals surface area contributed by atoms with Gasteiger partial charge < -0.3 is 14.8 Å². The smallest absolute Gasteiger partial charge is 0.387 e. The number of ether oxygens (including phenoxy) is 2. The molecule has 0 aliphatic rings. The van der Waals surface area contributed by atoms with Crippen molar-refractivity contribution in [2.24, 2.45) is 0 Å². The molecule has 9 heteroatoms. The van der Waals surface area contributed by atoms with Crippen LogP contribution in [0.5, 0.6) is 5.75 Å². The molecule has 120 valence electrons. The quantitative estimate of drug-likeness (QED) is 0.798. The molecule has 7 nitrogen and oxygen atoms in total. The first-order valence-corrected chi connectivity index (χ1v) is 6.12. The fourth-order valence-electron chi connectivity index (χ4n) is 1.39. The van der Waals surface area contributed by atoms with Gasteiger partial charge >= 0.3 is 18.6 Å². The van der Waals surface area contributed by atoms with E-state index in [1.165, 1.54) is 32.2 Å². The molecule has 22 heavy (non-hydrogen) atoms. The highest BCUT2D eigenvalue weighted by atomic mass is 19.3. The Balaban J connectivity index is 2.76. The average Bonchev–Trinajstić information content (AvgIpc) is 2.46. The number of urea groups is 1. The summed E-state index contributed by atoms with van der Waals surface area (Å²) in [7, 11) is 1.30. The maximum Gasteiger partial charge on any atom is 0.387 e. The van der Waals surface area contributed by atoms with Crippen LogP contribution in [0.3, 0.4) is 0 Å². The van der Waals surface area contributed by atoms with Crippen molar-refractivity contribution in [1.29, 1.82) is 0 Å². The van der Waals surface area contributed by atoms with E-state index >= 15 is 0 Å². The normalized spacial score (nSPS) is 11.5. The van der Waals surface area contributed by atoms with Crippen molar-refractivity contribution in [3.8, 4) is 5.75 Å². The summed E-state index contributed by atoms with van der Waals surface area (Å²) in [6.45, 7) is -1.88. The molecule has 1 atom stereocenters. The van der Waals surface area contributed by atoms with Crippen molar-refractivity contribution in [3.63, 3.8) is 0 Å². The lowest BCUT2D eigenvalue weighted by Crippen LogP contribution is -2.43. The third-order valence-corrected chi connectivity index (χ3v) is 2.44. The minimum Gasteiger partial charge on any atom is -0.449 e. The van der Waals surface area contributed by atoms with E-state index in [-0.39, 0.29) is 11.3 Å². The lowest BCUT2D eigenvalue weighted by Gasteiger charge is -2.14. The number of esters is 1. The second kappa shape index (κ2) is 7.91. The number of carbonyl (C=O) groups is 3. The second-order valence-electron chi connectivity index (χ2n) is 3.99. The molecule has 1 rings (SSSR count). The number of para-hydroxylation sites is 1. The van der Waals surface area contributed by atoms with Crippen LogP contribution in [0.15, 0.2) is 24.3 Å². The van der Waals surface area contributed by atoms with Crippen molar-refractivity contribution in [2.45, 2.75) is 19.6 Å². The zero-order valence-corrected chi connectivity index (χ0v) is 11.8. The first-order chi connectivity index (χ1) is 10.3. The highest BCUT2D eigenvalue weighted by molar-refractivity contribution is 5.99. The maximum absolute atomic E-state index is 12.3. The molecular formula is C13H14F2N2O5. The SMILES string of the molecule is CNC(=O)NC(=O)[C@@H](C)OC(=O)c1ccccc1OC(F)F. The van der Waals surface area contributed by atoms with Gasteiger partial charge in [0.2, 0.25) is 0 Å². The van der Waals surface area contributed by atoms with Gasteiger partial charge in [-0.05, 0) is 19.1 Å². The van der Waals surface area contributed by atoms with E-state index in [0.29, 0.717) is 0 Å². The molecule has 3 amide bonds. The minimum atomic E-state index is -3.11. The Hall–Kier alpha value is -2.71. The topological polar surface area (TPSA) is 93.7 Å². The van der Waals surface area contributed by atoms with Crippen LogP contribution in [0, 0.1) is 0 Å². The number of rotatable bonds is 5. The fraction of sp³-hybridized carbons (Fsp3) is 0.308. The van der Waals surface area contributed by atoms with Gasteiger partial charge in [-0.1, -0.05) is 12.1 Å². The molecule has 0 heterocycles. The Morgan fingerprint density at radius 1 is 1.18 bits per heavy atom. The Kier molecular flexibility index (Phi) is 6.24. The molecule has 0 aromatic heterocycles. The van der Waals surface area contributed by atoms with E-state index in [9.17, 15) is 23.2 Å². The first-order valence-electron chi connectivity index (χ1n) is 6.12. The standard InChI is InChI=1S/C13H14F2N2O5/c1-7(10(18)17-13(20)16-2)21-11(19)8-5-3-4-6-9(8)22-12(14)15/h3-7,12H,1-2H3,(H2,16,17,18,20)/t7-/m1/s1. The van der Waals surface area contributed by atoms with E-state index in [1.54, 1.807) is 0 Å². The zero-order chi connectivity index (χ0) is 16.7. The molecule has 0 aliphatic heterocycles. The predicted molar refractivity (Wildman–Crippen MR) is 70.5 cm³/mol. The zero-order valence-electron chi connectivity index (χ0n) is 11.8. The summed E-state index contributed by atoms with van der Waals surface area (Å²) in [5.74, 6) is -2.27. The summed E-state index contributed by atoms with van der Waals surface area (Å²) in [5, 5.41) is 4.07. The van der Waals surface area contributed by atoms with Gasteiger partial charge in [-0.2, -0.15) is 8.78 Å². The minimum absolute atomic E-state index is 0.262. The molecule has 0 unspecified atom stereocenters. The Bertz CT molecular complexity index is 565. The van der Waals surface area contributed by atoms with Gasteiger partial charge in [0, 0.05) is 7.05 Å². The average molecular weight is 316 g/mol. The fourth-order valence-corrected chi connectivity index (χ4v) is 1.39. The first kappa shape index (κ1) is 17.3. The van der Waals surface area contributed by atoms with Gasteiger partial charge in [0.05, 0.1) is 0 Å². The van der Waals surface area contributed by atoms with Gasteiger partial charge in [-0.25, -0.2) is 9.59 Å². The summed E-state index contributed by atoms with van der Waals surface area (Å²) in [6.07, 6.45) is -1.30. The Morgan fingerprint density at radius 2 is 1.82 bits per heavy atom. The predicted octanol–water partition coefficient (Wildman–Crippen LogP) is 1.29. The number of hydrogen-bond donors (Lipinski definition) is 2. The van der Waals surface area contributed by atoms with Crippen molar-refractivity contribution >= 4 is 17.9 Å². The number of hydrogen-bond acceptors (Lipinski definition) is 5. The summed E-state index contributed by atoms with van der Waals surface area (Å²) < 4.78 is 33.5. The van der Waals surface area contributed by atoms with Gasteiger partial charge in [-0.15, -0.1) is 0 Å². The molecule has 0 saturated carbocycles. The lowest BCUT2D eigenvalue weighted by atomic mass is 10.2. The highest BCUT2D eigenvalue weighted by Crippen LogP contribution is 2.21. The van der Waals surface area contributed by atoms with E-state index in [4.69, 9.17) is 4.74 Å². The van der Waals surface area contributed by atoms with Crippen LogP contribution in [0.25, 0.3) is 0 Å². The lowest BCUT2D eigenvalue weighted by molar-refractivity contribution is -0.128. The van der Waals surface area contributed by atoms with Crippen LogP contribution in [0.1, 0.15) is 17.3 Å². The summed E-state index contributed by atoms with van der Waals surface area (Å²) >= 11 is 0.